The van der Waals surface area contributed by atoms with Crippen molar-refractivity contribution in [1.29, 1.82) is 0 Å². The summed E-state index contributed by atoms with van der Waals surface area (Å²) in [7, 11) is 0. The largest absolute Gasteiger partial charge is 0.507 e. The molecule has 2 N–H and O–H groups in total. The van der Waals surface area contributed by atoms with E-state index in [1.165, 1.54) is 18.2 Å². The molecule has 24 heavy (non-hydrogen) atoms. The number of phenols is 2. The number of carbonyl (C=O) groups is 1. The van der Waals surface area contributed by atoms with Gasteiger partial charge in [0.15, 0.2) is 0 Å². The van der Waals surface area contributed by atoms with E-state index in [1.807, 2.05) is 6.07 Å². The predicted octanol–water partition coefficient (Wildman–Crippen LogP) is 4.64. The van der Waals surface area contributed by atoms with E-state index in [4.69, 9.17) is 16.3 Å². The standard InChI is InChI=1S/C19H13ClO4/c20-16-11-14(9-10-18(16)22)24-19(23)13-7-5-12(6-8-13)15-3-1-2-4-17(15)21/h1-11,21-22H. The Morgan fingerprint density at radius 2 is 1.58 bits per heavy atom. The van der Waals surface area contributed by atoms with Gasteiger partial charge in [0.2, 0.25) is 0 Å². The lowest BCUT2D eigenvalue weighted by Crippen LogP contribution is -2.08. The Kier molecular flexibility index (Phi) is 4.40. The van der Waals surface area contributed by atoms with E-state index in [-0.39, 0.29) is 22.3 Å². The maximum atomic E-state index is 12.1. The Balaban J connectivity index is 1.79. The highest BCUT2D eigenvalue weighted by atomic mass is 35.5. The summed E-state index contributed by atoms with van der Waals surface area (Å²) in [5.41, 5.74) is 1.83. The van der Waals surface area contributed by atoms with Gasteiger partial charge in [0, 0.05) is 11.6 Å². The van der Waals surface area contributed by atoms with Gasteiger partial charge in [-0.05, 0) is 35.9 Å². The van der Waals surface area contributed by atoms with E-state index in [2.05, 4.69) is 0 Å². The Labute approximate surface area is 143 Å². The molecule has 0 unspecified atom stereocenters. The van der Waals surface area contributed by atoms with Gasteiger partial charge < -0.3 is 14.9 Å². The summed E-state index contributed by atoms with van der Waals surface area (Å²) in [4.78, 5) is 12.1. The van der Waals surface area contributed by atoms with Crippen LogP contribution in [0.2, 0.25) is 5.02 Å². The highest BCUT2D eigenvalue weighted by Crippen LogP contribution is 2.30. The topological polar surface area (TPSA) is 66.8 Å². The van der Waals surface area contributed by atoms with Crippen LogP contribution in [0.3, 0.4) is 0 Å². The SMILES string of the molecule is O=C(Oc1ccc(O)c(Cl)c1)c1ccc(-c2ccccc2O)cc1. The van der Waals surface area contributed by atoms with Gasteiger partial charge >= 0.3 is 5.97 Å². The fraction of sp³-hybridized carbons (Fsp3) is 0. The van der Waals surface area contributed by atoms with E-state index >= 15 is 0 Å². The first-order chi connectivity index (χ1) is 11.5. The summed E-state index contributed by atoms with van der Waals surface area (Å²) >= 11 is 5.78. The van der Waals surface area contributed by atoms with E-state index < -0.39 is 5.97 Å². The van der Waals surface area contributed by atoms with Gasteiger partial charge in [-0.3, -0.25) is 0 Å². The first kappa shape index (κ1) is 15.9. The summed E-state index contributed by atoms with van der Waals surface area (Å²) in [5.74, 6) is -0.205. The van der Waals surface area contributed by atoms with Gasteiger partial charge in [-0.1, -0.05) is 41.9 Å². The predicted molar refractivity (Wildman–Crippen MR) is 91.6 cm³/mol. The van der Waals surface area contributed by atoms with Crippen LogP contribution in [0.4, 0.5) is 0 Å². The van der Waals surface area contributed by atoms with Crippen molar-refractivity contribution in [2.45, 2.75) is 0 Å². The van der Waals surface area contributed by atoms with Crippen molar-refractivity contribution < 1.29 is 19.7 Å². The van der Waals surface area contributed by atoms with Crippen LogP contribution >= 0.6 is 11.6 Å². The normalized spacial score (nSPS) is 10.4. The number of hydrogen-bond donors (Lipinski definition) is 2. The molecule has 0 bridgehead atoms. The lowest BCUT2D eigenvalue weighted by atomic mass is 10.0. The Morgan fingerprint density at radius 3 is 2.25 bits per heavy atom. The van der Waals surface area contributed by atoms with Crippen LogP contribution in [0.25, 0.3) is 11.1 Å². The molecule has 0 spiro atoms. The third kappa shape index (κ3) is 3.34. The van der Waals surface area contributed by atoms with Crippen molar-refractivity contribution in [3.63, 3.8) is 0 Å². The number of benzene rings is 3. The number of para-hydroxylation sites is 1. The molecule has 0 amide bonds. The van der Waals surface area contributed by atoms with Crippen molar-refractivity contribution in [2.75, 3.05) is 0 Å². The Hall–Kier alpha value is -2.98. The lowest BCUT2D eigenvalue weighted by Gasteiger charge is -2.07. The zero-order valence-electron chi connectivity index (χ0n) is 12.4. The van der Waals surface area contributed by atoms with E-state index in [0.717, 1.165) is 5.56 Å². The minimum absolute atomic E-state index is 0.0801. The first-order valence-electron chi connectivity index (χ1n) is 7.14. The Bertz CT molecular complexity index is 888. The van der Waals surface area contributed by atoms with Crippen LogP contribution in [-0.2, 0) is 0 Å². The molecular weight excluding hydrogens is 328 g/mol. The first-order valence-corrected chi connectivity index (χ1v) is 7.51. The van der Waals surface area contributed by atoms with Crippen molar-refractivity contribution in [2.24, 2.45) is 0 Å². The molecule has 0 aliphatic heterocycles. The van der Waals surface area contributed by atoms with Crippen molar-refractivity contribution in [3.8, 4) is 28.4 Å². The highest BCUT2D eigenvalue weighted by molar-refractivity contribution is 6.32. The van der Waals surface area contributed by atoms with E-state index in [9.17, 15) is 15.0 Å². The molecule has 3 aromatic carbocycles. The number of halogens is 1. The second-order valence-corrected chi connectivity index (χ2v) is 5.50. The second-order valence-electron chi connectivity index (χ2n) is 5.10. The van der Waals surface area contributed by atoms with Crippen LogP contribution in [0.15, 0.2) is 66.7 Å². The summed E-state index contributed by atoms with van der Waals surface area (Å²) in [6, 6.07) is 17.8. The fourth-order valence-electron chi connectivity index (χ4n) is 2.22. The van der Waals surface area contributed by atoms with Gasteiger partial charge in [0.25, 0.3) is 0 Å². The summed E-state index contributed by atoms with van der Waals surface area (Å²) in [6.07, 6.45) is 0. The smallest absolute Gasteiger partial charge is 0.343 e. The zero-order valence-corrected chi connectivity index (χ0v) is 13.2. The molecule has 0 heterocycles. The number of rotatable bonds is 3. The van der Waals surface area contributed by atoms with E-state index in [0.29, 0.717) is 11.1 Å². The molecular formula is C19H13ClO4. The molecule has 0 atom stereocenters. The average Bonchev–Trinajstić information content (AvgIpc) is 2.59. The number of aromatic hydroxyl groups is 2. The highest BCUT2D eigenvalue weighted by Gasteiger charge is 2.11. The minimum Gasteiger partial charge on any atom is -0.507 e. The molecule has 0 aliphatic rings. The zero-order chi connectivity index (χ0) is 17.1. The summed E-state index contributed by atoms with van der Waals surface area (Å²) in [6.45, 7) is 0. The number of esters is 1. The van der Waals surface area contributed by atoms with Crippen LogP contribution < -0.4 is 4.74 Å². The van der Waals surface area contributed by atoms with Crippen LogP contribution in [0.1, 0.15) is 10.4 Å². The maximum Gasteiger partial charge on any atom is 0.343 e. The van der Waals surface area contributed by atoms with Gasteiger partial charge in [-0.25, -0.2) is 4.79 Å². The Morgan fingerprint density at radius 1 is 0.875 bits per heavy atom. The molecule has 3 rings (SSSR count). The minimum atomic E-state index is -0.541. The number of ether oxygens (including phenoxy) is 1. The van der Waals surface area contributed by atoms with E-state index in [1.54, 1.807) is 42.5 Å². The van der Waals surface area contributed by atoms with Gasteiger partial charge in [-0.2, -0.15) is 0 Å². The van der Waals surface area contributed by atoms with Crippen molar-refractivity contribution in [3.05, 3.63) is 77.3 Å². The van der Waals surface area contributed by atoms with Crippen molar-refractivity contribution >= 4 is 17.6 Å². The number of phenolic OH excluding ortho intramolecular Hbond substituents is 2. The maximum absolute atomic E-state index is 12.1. The molecule has 0 fully saturated rings. The number of carbonyl (C=O) groups excluding carboxylic acids is 1. The summed E-state index contributed by atoms with van der Waals surface area (Å²) < 4.78 is 5.22. The molecule has 3 aromatic rings. The molecule has 0 aliphatic carbocycles. The second kappa shape index (κ2) is 6.64. The molecule has 120 valence electrons. The van der Waals surface area contributed by atoms with Crippen LogP contribution in [0, 0.1) is 0 Å². The summed E-state index contributed by atoms with van der Waals surface area (Å²) in [5, 5.41) is 19.3. The van der Waals surface area contributed by atoms with Crippen molar-refractivity contribution in [1.82, 2.24) is 0 Å². The van der Waals surface area contributed by atoms with Gasteiger partial charge in [0.1, 0.15) is 17.2 Å². The molecule has 0 saturated heterocycles. The molecule has 4 nitrogen and oxygen atoms in total. The van der Waals surface area contributed by atoms with Crippen LogP contribution in [0.5, 0.6) is 17.2 Å². The number of hydrogen-bond acceptors (Lipinski definition) is 4. The molecule has 0 radical (unpaired) electrons. The third-order valence-corrected chi connectivity index (χ3v) is 3.77. The monoisotopic (exact) mass is 340 g/mol. The fourth-order valence-corrected chi connectivity index (χ4v) is 2.39. The van der Waals surface area contributed by atoms with Crippen LogP contribution in [-0.4, -0.2) is 16.2 Å². The average molecular weight is 341 g/mol. The molecule has 5 heteroatoms. The lowest BCUT2D eigenvalue weighted by molar-refractivity contribution is 0.0734. The third-order valence-electron chi connectivity index (χ3n) is 3.47. The van der Waals surface area contributed by atoms with Gasteiger partial charge in [-0.15, -0.1) is 0 Å². The molecule has 0 aromatic heterocycles. The quantitative estimate of drug-likeness (QED) is 0.538. The molecule has 0 saturated carbocycles. The van der Waals surface area contributed by atoms with Gasteiger partial charge in [0.05, 0.1) is 10.6 Å².